The average molecular weight is 492 g/mol. The second-order valence-electron chi connectivity index (χ2n) is 9.89. The van der Waals surface area contributed by atoms with Crippen molar-refractivity contribution in [1.29, 1.82) is 0 Å². The fourth-order valence-electron chi connectivity index (χ4n) is 4.75. The number of thioether (sulfide) groups is 1. The van der Waals surface area contributed by atoms with Gasteiger partial charge in [0.25, 0.3) is 8.32 Å². The number of nitrogens with zero attached hydrogens (tertiary/aromatic N) is 2. The fraction of sp³-hybridized carbons (Fsp3) is 0.370. The Morgan fingerprint density at radius 3 is 2.06 bits per heavy atom. The molecule has 1 fully saturated rings. The van der Waals surface area contributed by atoms with Gasteiger partial charge in [0, 0.05) is 18.3 Å². The van der Waals surface area contributed by atoms with Crippen LogP contribution in [0.5, 0.6) is 0 Å². The summed E-state index contributed by atoms with van der Waals surface area (Å²) < 4.78 is 7.20. The van der Waals surface area contributed by atoms with Gasteiger partial charge in [-0.15, -0.1) is 0 Å². The van der Waals surface area contributed by atoms with E-state index in [1.807, 2.05) is 6.26 Å². The molecule has 0 spiro atoms. The van der Waals surface area contributed by atoms with E-state index in [1.54, 1.807) is 13.1 Å². The van der Waals surface area contributed by atoms with Gasteiger partial charge >= 0.3 is 0 Å². The predicted molar refractivity (Wildman–Crippen MR) is 143 cm³/mol. The van der Waals surface area contributed by atoms with Crippen LogP contribution in [0.15, 0.2) is 72.0 Å². The quantitative estimate of drug-likeness (QED) is 0.209. The molecule has 1 heterocycles. The average Bonchev–Trinajstić information content (AvgIpc) is 2.80. The van der Waals surface area contributed by atoms with Crippen LogP contribution in [-0.4, -0.2) is 42.5 Å². The third-order valence-electron chi connectivity index (χ3n) is 6.52. The van der Waals surface area contributed by atoms with Gasteiger partial charge in [-0.25, -0.2) is 9.97 Å². The Morgan fingerprint density at radius 2 is 1.59 bits per heavy atom. The van der Waals surface area contributed by atoms with E-state index in [4.69, 9.17) is 4.43 Å². The number of aromatic nitrogens is 2. The second-order valence-corrected chi connectivity index (χ2v) is 14.9. The summed E-state index contributed by atoms with van der Waals surface area (Å²) in [7, 11) is -2.56. The molecule has 0 aliphatic heterocycles. The molecule has 4 rings (SSSR count). The van der Waals surface area contributed by atoms with Gasteiger partial charge in [0.05, 0.1) is 5.56 Å². The molecule has 2 aromatic carbocycles. The maximum absolute atomic E-state index is 12.1. The van der Waals surface area contributed by atoms with E-state index in [2.05, 4.69) is 96.7 Å². The van der Waals surface area contributed by atoms with Gasteiger partial charge in [0.1, 0.15) is 5.82 Å². The van der Waals surface area contributed by atoms with Gasteiger partial charge in [0.2, 0.25) is 0 Å². The Labute approximate surface area is 207 Å². The van der Waals surface area contributed by atoms with Gasteiger partial charge < -0.3 is 9.74 Å². The summed E-state index contributed by atoms with van der Waals surface area (Å²) in [5.41, 5.74) is 0.536. The van der Waals surface area contributed by atoms with Crippen molar-refractivity contribution >= 4 is 42.1 Å². The highest BCUT2D eigenvalue weighted by Gasteiger charge is 2.52. The molecule has 7 heteroatoms. The van der Waals surface area contributed by atoms with Crippen molar-refractivity contribution in [3.05, 3.63) is 72.4 Å². The summed E-state index contributed by atoms with van der Waals surface area (Å²) in [4.78, 5) is 20.9. The fourth-order valence-corrected chi connectivity index (χ4v) is 9.79. The normalized spacial score (nSPS) is 18.3. The monoisotopic (exact) mass is 491 g/mol. The summed E-state index contributed by atoms with van der Waals surface area (Å²) in [5, 5.41) is 6.69. The maximum Gasteiger partial charge on any atom is 0.261 e. The van der Waals surface area contributed by atoms with Crippen LogP contribution in [0.3, 0.4) is 0 Å². The van der Waals surface area contributed by atoms with Crippen LogP contribution in [0, 0.1) is 0 Å². The van der Waals surface area contributed by atoms with Crippen molar-refractivity contribution < 1.29 is 9.22 Å². The number of anilines is 1. The van der Waals surface area contributed by atoms with Crippen LogP contribution in [0.1, 0.15) is 50.9 Å². The summed E-state index contributed by atoms with van der Waals surface area (Å²) in [5.74, 6) is 0.593. The van der Waals surface area contributed by atoms with Crippen LogP contribution < -0.4 is 15.7 Å². The first-order valence-corrected chi connectivity index (χ1v) is 14.9. The molecule has 3 aromatic rings. The molecule has 0 atom stereocenters. The van der Waals surface area contributed by atoms with E-state index >= 15 is 0 Å². The zero-order valence-corrected chi connectivity index (χ0v) is 22.4. The highest BCUT2D eigenvalue weighted by atomic mass is 32.2. The molecule has 1 aliphatic carbocycles. The lowest BCUT2D eigenvalue weighted by Gasteiger charge is -2.48. The molecular weight excluding hydrogens is 458 g/mol. The molecule has 1 N–H and O–H groups in total. The molecule has 0 bridgehead atoms. The van der Waals surface area contributed by atoms with Crippen molar-refractivity contribution in [2.45, 2.75) is 62.9 Å². The lowest BCUT2D eigenvalue weighted by molar-refractivity contribution is 0.0971. The smallest absolute Gasteiger partial charge is 0.261 e. The first kappa shape index (κ1) is 24.6. The minimum Gasteiger partial charge on any atom is -0.404 e. The molecule has 34 heavy (non-hydrogen) atoms. The molecular formula is C27H33N3O2SSi. The minimum absolute atomic E-state index is 0.0328. The minimum atomic E-state index is -2.56. The molecule has 1 aliphatic rings. The number of carbonyl (C=O) groups excluding carboxylic acids is 1. The zero-order valence-electron chi connectivity index (χ0n) is 20.5. The summed E-state index contributed by atoms with van der Waals surface area (Å²) in [6.07, 6.45) is 5.45. The zero-order chi connectivity index (χ0) is 24.3. The van der Waals surface area contributed by atoms with E-state index in [9.17, 15) is 4.79 Å². The van der Waals surface area contributed by atoms with Crippen LogP contribution in [0.25, 0.3) is 0 Å². The van der Waals surface area contributed by atoms with Crippen molar-refractivity contribution in [1.82, 2.24) is 9.97 Å². The van der Waals surface area contributed by atoms with E-state index in [1.165, 1.54) is 22.1 Å². The van der Waals surface area contributed by atoms with Gasteiger partial charge in [-0.2, -0.15) is 0 Å². The standard InChI is InChI=1S/C27H33N3O2SSi/c1-19(31)24-18-28-26(33-5)30-25(24)29-20-16-21(17-20)32-34(27(2,3)4,22-12-8-6-9-13-22)23-14-10-7-11-15-23/h6-15,18,20-21H,16-17H2,1-5H3,(H,28,29,30)/t20-,21-. The molecule has 0 saturated heterocycles. The number of Topliss-reactive ketones (excluding diaryl/α,β-unsaturated/α-hetero) is 1. The van der Waals surface area contributed by atoms with Crippen molar-refractivity contribution in [3.63, 3.8) is 0 Å². The number of hydrogen-bond acceptors (Lipinski definition) is 6. The largest absolute Gasteiger partial charge is 0.404 e. The highest BCUT2D eigenvalue weighted by molar-refractivity contribution is 7.98. The first-order valence-electron chi connectivity index (χ1n) is 11.7. The molecule has 0 radical (unpaired) electrons. The topological polar surface area (TPSA) is 64.1 Å². The van der Waals surface area contributed by atoms with E-state index < -0.39 is 8.32 Å². The Bertz CT molecular complexity index is 1090. The number of carbonyl (C=O) groups is 1. The van der Waals surface area contributed by atoms with Crippen molar-refractivity contribution in [2.75, 3.05) is 11.6 Å². The van der Waals surface area contributed by atoms with Crippen LogP contribution in [0.4, 0.5) is 5.82 Å². The van der Waals surface area contributed by atoms with Gasteiger partial charge in [-0.3, -0.25) is 4.79 Å². The van der Waals surface area contributed by atoms with E-state index in [0.717, 1.165) is 12.8 Å². The van der Waals surface area contributed by atoms with Crippen molar-refractivity contribution in [2.24, 2.45) is 0 Å². The second kappa shape index (κ2) is 10.0. The number of nitrogens with one attached hydrogen (secondary N) is 1. The van der Waals surface area contributed by atoms with Crippen LogP contribution in [0.2, 0.25) is 5.04 Å². The lowest BCUT2D eigenvalue weighted by Crippen LogP contribution is -2.69. The van der Waals surface area contributed by atoms with Gasteiger partial charge in [-0.05, 0) is 41.4 Å². The first-order chi connectivity index (χ1) is 16.2. The molecule has 5 nitrogen and oxygen atoms in total. The number of hydrogen-bond donors (Lipinski definition) is 1. The number of rotatable bonds is 8. The Hall–Kier alpha value is -2.48. The van der Waals surface area contributed by atoms with Gasteiger partial charge in [-0.1, -0.05) is 93.2 Å². The summed E-state index contributed by atoms with van der Waals surface area (Å²) in [6, 6.07) is 21.7. The maximum atomic E-state index is 12.1. The van der Waals surface area contributed by atoms with Crippen molar-refractivity contribution in [3.8, 4) is 0 Å². The molecule has 0 amide bonds. The number of benzene rings is 2. The predicted octanol–water partition coefficient (Wildman–Crippen LogP) is 4.92. The van der Waals surface area contributed by atoms with Crippen LogP contribution >= 0.6 is 11.8 Å². The lowest BCUT2D eigenvalue weighted by atomic mass is 9.89. The SMILES string of the molecule is CSc1ncc(C(C)=O)c(N[C@H]2C[C@H](O[Si](c3ccccc3)(c3ccccc3)C(C)(C)C)C2)n1. The molecule has 1 saturated carbocycles. The van der Waals surface area contributed by atoms with E-state index in [-0.39, 0.29) is 23.0 Å². The molecule has 178 valence electrons. The molecule has 1 aromatic heterocycles. The third-order valence-corrected chi connectivity index (χ3v) is 12.2. The summed E-state index contributed by atoms with van der Waals surface area (Å²) >= 11 is 1.47. The van der Waals surface area contributed by atoms with Gasteiger partial charge in [0.15, 0.2) is 10.9 Å². The van der Waals surface area contributed by atoms with E-state index in [0.29, 0.717) is 16.5 Å². The third kappa shape index (κ3) is 4.83. The number of ketones is 1. The highest BCUT2D eigenvalue weighted by Crippen LogP contribution is 2.40. The Balaban J connectivity index is 1.58. The summed E-state index contributed by atoms with van der Waals surface area (Å²) in [6.45, 7) is 8.46. The Kier molecular flexibility index (Phi) is 7.26. The molecule has 0 unspecified atom stereocenters. The Morgan fingerprint density at radius 1 is 1.03 bits per heavy atom. The van der Waals surface area contributed by atoms with Crippen LogP contribution in [-0.2, 0) is 4.43 Å².